The lowest BCUT2D eigenvalue weighted by atomic mass is 10.0. The summed E-state index contributed by atoms with van der Waals surface area (Å²) in [5.41, 5.74) is 1.98. The number of nitrogens with one attached hydrogen (secondary N) is 2. The molecular formula is C20H24N4O. The van der Waals surface area contributed by atoms with Crippen LogP contribution in [0.3, 0.4) is 0 Å². The van der Waals surface area contributed by atoms with Crippen LogP contribution in [0.5, 0.6) is 0 Å². The quantitative estimate of drug-likeness (QED) is 0.880. The van der Waals surface area contributed by atoms with Gasteiger partial charge in [0.2, 0.25) is 0 Å². The Morgan fingerprint density at radius 2 is 2.08 bits per heavy atom. The highest BCUT2D eigenvalue weighted by atomic mass is 16.1. The third-order valence-corrected chi connectivity index (χ3v) is 4.96. The van der Waals surface area contributed by atoms with Crippen molar-refractivity contribution in [3.05, 3.63) is 59.8 Å². The lowest BCUT2D eigenvalue weighted by molar-refractivity contribution is 0.0951. The van der Waals surface area contributed by atoms with E-state index in [-0.39, 0.29) is 11.9 Å². The molecule has 1 aromatic heterocycles. The first kappa shape index (κ1) is 16.1. The predicted octanol–water partition coefficient (Wildman–Crippen LogP) is 2.37. The molecule has 0 unspecified atom stereocenters. The number of hydrogen-bond donors (Lipinski definition) is 2. The number of carbonyl (C=O) groups excluding carboxylic acids is 1. The van der Waals surface area contributed by atoms with Gasteiger partial charge in [0.15, 0.2) is 0 Å². The van der Waals surface area contributed by atoms with E-state index in [1.807, 2.05) is 12.1 Å². The van der Waals surface area contributed by atoms with Gasteiger partial charge >= 0.3 is 0 Å². The summed E-state index contributed by atoms with van der Waals surface area (Å²) in [6.45, 7) is 3.44. The van der Waals surface area contributed by atoms with Gasteiger partial charge in [0, 0.05) is 44.0 Å². The van der Waals surface area contributed by atoms with E-state index < -0.39 is 0 Å². The van der Waals surface area contributed by atoms with Gasteiger partial charge in [-0.3, -0.25) is 4.79 Å². The fourth-order valence-corrected chi connectivity index (χ4v) is 3.26. The van der Waals surface area contributed by atoms with Crippen molar-refractivity contribution in [1.82, 2.24) is 15.6 Å². The van der Waals surface area contributed by atoms with Crippen molar-refractivity contribution in [1.29, 1.82) is 0 Å². The second-order valence-corrected chi connectivity index (χ2v) is 6.92. The zero-order valence-electron chi connectivity index (χ0n) is 14.3. The lowest BCUT2D eigenvalue weighted by Gasteiger charge is -2.34. The van der Waals surface area contributed by atoms with Crippen LogP contribution in [0.4, 0.5) is 5.82 Å². The standard InChI is InChI=1S/C20H24N4O/c25-20(23-13-15-6-7-15)17-8-9-22-19(12-17)24-11-10-21-18(14-24)16-4-2-1-3-5-16/h1-5,8-9,12,15,18,21H,6-7,10-11,13-14H2,(H,23,25)/t18-/m1/s1. The monoisotopic (exact) mass is 336 g/mol. The Kier molecular flexibility index (Phi) is 4.65. The summed E-state index contributed by atoms with van der Waals surface area (Å²) in [5.74, 6) is 1.57. The van der Waals surface area contributed by atoms with Crippen LogP contribution < -0.4 is 15.5 Å². The van der Waals surface area contributed by atoms with E-state index in [1.54, 1.807) is 12.3 Å². The summed E-state index contributed by atoms with van der Waals surface area (Å²) in [4.78, 5) is 19.1. The summed E-state index contributed by atoms with van der Waals surface area (Å²) in [6, 6.07) is 14.5. The Labute approximate surface area is 148 Å². The van der Waals surface area contributed by atoms with Crippen LogP contribution in [-0.4, -0.2) is 37.1 Å². The molecule has 2 N–H and O–H groups in total. The molecule has 130 valence electrons. The van der Waals surface area contributed by atoms with Gasteiger partial charge in [0.1, 0.15) is 5.82 Å². The van der Waals surface area contributed by atoms with Crippen LogP contribution in [0.25, 0.3) is 0 Å². The van der Waals surface area contributed by atoms with Crippen molar-refractivity contribution in [3.8, 4) is 0 Å². The lowest BCUT2D eigenvalue weighted by Crippen LogP contribution is -2.46. The van der Waals surface area contributed by atoms with Gasteiger partial charge in [-0.1, -0.05) is 30.3 Å². The van der Waals surface area contributed by atoms with Crippen LogP contribution in [0, 0.1) is 5.92 Å². The fourth-order valence-electron chi connectivity index (χ4n) is 3.26. The zero-order chi connectivity index (χ0) is 17.1. The summed E-state index contributed by atoms with van der Waals surface area (Å²) in [6.07, 6.45) is 4.22. The van der Waals surface area contributed by atoms with Crippen LogP contribution >= 0.6 is 0 Å². The normalized spacial score (nSPS) is 20.3. The summed E-state index contributed by atoms with van der Waals surface area (Å²) >= 11 is 0. The molecule has 0 spiro atoms. The third-order valence-electron chi connectivity index (χ3n) is 4.96. The molecule has 0 radical (unpaired) electrons. The molecule has 1 atom stereocenters. The van der Waals surface area contributed by atoms with E-state index in [4.69, 9.17) is 0 Å². The van der Waals surface area contributed by atoms with E-state index in [0.29, 0.717) is 11.5 Å². The van der Waals surface area contributed by atoms with Crippen molar-refractivity contribution < 1.29 is 4.79 Å². The molecule has 2 heterocycles. The Hall–Kier alpha value is -2.40. The third kappa shape index (κ3) is 3.99. The molecule has 25 heavy (non-hydrogen) atoms. The number of pyridine rings is 1. The van der Waals surface area contributed by atoms with Crippen molar-refractivity contribution >= 4 is 11.7 Å². The van der Waals surface area contributed by atoms with E-state index in [1.165, 1.54) is 18.4 Å². The molecule has 2 fully saturated rings. The maximum absolute atomic E-state index is 12.3. The first-order valence-electron chi connectivity index (χ1n) is 9.07. The molecule has 2 aromatic rings. The van der Waals surface area contributed by atoms with Gasteiger partial charge in [-0.2, -0.15) is 0 Å². The molecule has 1 aliphatic heterocycles. The second kappa shape index (κ2) is 7.23. The van der Waals surface area contributed by atoms with Gasteiger partial charge in [-0.05, 0) is 36.5 Å². The smallest absolute Gasteiger partial charge is 0.251 e. The first-order valence-corrected chi connectivity index (χ1v) is 9.07. The minimum absolute atomic E-state index is 0.00490. The van der Waals surface area contributed by atoms with Crippen molar-refractivity contribution in [2.24, 2.45) is 5.92 Å². The van der Waals surface area contributed by atoms with Crippen molar-refractivity contribution in [3.63, 3.8) is 0 Å². The highest BCUT2D eigenvalue weighted by Crippen LogP contribution is 2.27. The van der Waals surface area contributed by atoms with Crippen LogP contribution in [0.2, 0.25) is 0 Å². The van der Waals surface area contributed by atoms with Gasteiger partial charge in [0.25, 0.3) is 5.91 Å². The minimum atomic E-state index is 0.00490. The molecule has 1 aromatic carbocycles. The zero-order valence-corrected chi connectivity index (χ0v) is 14.3. The Bertz CT molecular complexity index is 729. The van der Waals surface area contributed by atoms with E-state index >= 15 is 0 Å². The van der Waals surface area contributed by atoms with Crippen molar-refractivity contribution in [2.45, 2.75) is 18.9 Å². The molecule has 2 aliphatic rings. The first-order chi connectivity index (χ1) is 12.3. The molecule has 1 saturated heterocycles. The summed E-state index contributed by atoms with van der Waals surface area (Å²) < 4.78 is 0. The number of carbonyl (C=O) groups is 1. The molecule has 4 rings (SSSR count). The molecule has 5 nitrogen and oxygen atoms in total. The Balaban J connectivity index is 1.45. The number of nitrogens with zero attached hydrogens (tertiary/aromatic N) is 2. The number of amides is 1. The SMILES string of the molecule is O=C(NCC1CC1)c1ccnc(N2CCN[C@@H](c3ccccc3)C2)c1. The Morgan fingerprint density at radius 1 is 1.24 bits per heavy atom. The van der Waals surface area contributed by atoms with Crippen LogP contribution in [0.1, 0.15) is 34.8 Å². The number of aromatic nitrogens is 1. The average molecular weight is 336 g/mol. The van der Waals surface area contributed by atoms with Crippen molar-refractivity contribution in [2.75, 3.05) is 31.1 Å². The molecule has 5 heteroatoms. The topological polar surface area (TPSA) is 57.3 Å². The molecule has 1 aliphatic carbocycles. The molecular weight excluding hydrogens is 312 g/mol. The number of hydrogen-bond acceptors (Lipinski definition) is 4. The molecule has 1 saturated carbocycles. The summed E-state index contributed by atoms with van der Waals surface area (Å²) in [5, 5.41) is 6.59. The summed E-state index contributed by atoms with van der Waals surface area (Å²) in [7, 11) is 0. The largest absolute Gasteiger partial charge is 0.353 e. The van der Waals surface area contributed by atoms with Gasteiger partial charge in [0.05, 0.1) is 0 Å². The molecule has 0 bridgehead atoms. The minimum Gasteiger partial charge on any atom is -0.353 e. The van der Waals surface area contributed by atoms with E-state index in [2.05, 4.69) is 44.8 Å². The fraction of sp³-hybridized carbons (Fsp3) is 0.400. The van der Waals surface area contributed by atoms with E-state index in [0.717, 1.165) is 32.0 Å². The number of piperazine rings is 1. The Morgan fingerprint density at radius 3 is 2.88 bits per heavy atom. The number of rotatable bonds is 5. The van der Waals surface area contributed by atoms with Crippen LogP contribution in [0.15, 0.2) is 48.7 Å². The number of anilines is 1. The van der Waals surface area contributed by atoms with Crippen LogP contribution in [-0.2, 0) is 0 Å². The highest BCUT2D eigenvalue weighted by molar-refractivity contribution is 5.94. The maximum atomic E-state index is 12.3. The van der Waals surface area contributed by atoms with Gasteiger partial charge < -0.3 is 15.5 Å². The second-order valence-electron chi connectivity index (χ2n) is 6.92. The average Bonchev–Trinajstić information content (AvgIpc) is 3.51. The maximum Gasteiger partial charge on any atom is 0.251 e. The highest BCUT2D eigenvalue weighted by Gasteiger charge is 2.23. The van der Waals surface area contributed by atoms with E-state index in [9.17, 15) is 4.79 Å². The van der Waals surface area contributed by atoms with Gasteiger partial charge in [-0.15, -0.1) is 0 Å². The molecule has 1 amide bonds. The predicted molar refractivity (Wildman–Crippen MR) is 98.7 cm³/mol. The number of benzene rings is 1. The van der Waals surface area contributed by atoms with Gasteiger partial charge in [-0.25, -0.2) is 4.98 Å².